The number of halogens is 1. The Morgan fingerprint density at radius 1 is 1.17 bits per heavy atom. The average Bonchev–Trinajstić information content (AvgIpc) is 3.01. The van der Waals surface area contributed by atoms with Crippen LogP contribution in [0.3, 0.4) is 0 Å². The molecule has 1 heterocycles. The molecule has 1 aliphatic heterocycles. The summed E-state index contributed by atoms with van der Waals surface area (Å²) < 4.78 is 13.6. The fraction of sp³-hybridized carbons (Fsp3) is 0.222. The molecule has 0 saturated carbocycles. The van der Waals surface area contributed by atoms with E-state index in [1.54, 1.807) is 23.1 Å². The summed E-state index contributed by atoms with van der Waals surface area (Å²) in [6.45, 7) is 1.09. The normalized spacial score (nSPS) is 13.9. The van der Waals surface area contributed by atoms with E-state index in [-0.39, 0.29) is 11.7 Å². The maximum atomic E-state index is 13.6. The van der Waals surface area contributed by atoms with Crippen molar-refractivity contribution in [2.45, 2.75) is 19.4 Å². The summed E-state index contributed by atoms with van der Waals surface area (Å²) in [5.74, 6) is -0.0924. The third-order valence-electron chi connectivity index (χ3n) is 3.91. The van der Waals surface area contributed by atoms with Gasteiger partial charge in [-0.1, -0.05) is 18.2 Å². The SMILES string of the molecule is O=C1CCCN1c1ccc(NC(=S)NCc2ccccc2F)cc1. The van der Waals surface area contributed by atoms with Crippen molar-refractivity contribution in [3.63, 3.8) is 0 Å². The molecule has 0 unspecified atom stereocenters. The second-order valence-electron chi connectivity index (χ2n) is 5.59. The van der Waals surface area contributed by atoms with E-state index in [4.69, 9.17) is 12.2 Å². The van der Waals surface area contributed by atoms with Crippen LogP contribution < -0.4 is 15.5 Å². The van der Waals surface area contributed by atoms with Crippen LogP contribution in [0.4, 0.5) is 15.8 Å². The van der Waals surface area contributed by atoms with Crippen molar-refractivity contribution in [3.8, 4) is 0 Å². The zero-order valence-corrected chi connectivity index (χ0v) is 13.9. The Kier molecular flexibility index (Phi) is 5.05. The molecule has 2 aromatic carbocycles. The quantitative estimate of drug-likeness (QED) is 0.835. The summed E-state index contributed by atoms with van der Waals surface area (Å²) in [5, 5.41) is 6.46. The maximum Gasteiger partial charge on any atom is 0.227 e. The Bertz CT molecular complexity index is 748. The minimum absolute atomic E-state index is 0.165. The monoisotopic (exact) mass is 343 g/mol. The van der Waals surface area contributed by atoms with Gasteiger partial charge in [-0.05, 0) is 49.0 Å². The highest BCUT2D eigenvalue weighted by Crippen LogP contribution is 2.23. The second-order valence-corrected chi connectivity index (χ2v) is 6.00. The highest BCUT2D eigenvalue weighted by atomic mass is 32.1. The third-order valence-corrected chi connectivity index (χ3v) is 4.15. The number of rotatable bonds is 4. The first-order valence-corrected chi connectivity index (χ1v) is 8.23. The number of anilines is 2. The van der Waals surface area contributed by atoms with Crippen LogP contribution in [0.25, 0.3) is 0 Å². The van der Waals surface area contributed by atoms with Crippen molar-refractivity contribution in [1.82, 2.24) is 5.32 Å². The topological polar surface area (TPSA) is 44.4 Å². The lowest BCUT2D eigenvalue weighted by atomic mass is 10.2. The van der Waals surface area contributed by atoms with Gasteiger partial charge in [0.2, 0.25) is 5.91 Å². The molecular formula is C18H18FN3OS. The highest BCUT2D eigenvalue weighted by molar-refractivity contribution is 7.80. The summed E-state index contributed by atoms with van der Waals surface area (Å²) in [4.78, 5) is 13.5. The predicted octanol–water partition coefficient (Wildman–Crippen LogP) is 3.44. The van der Waals surface area contributed by atoms with Gasteiger partial charge < -0.3 is 15.5 Å². The molecule has 1 aliphatic rings. The van der Waals surface area contributed by atoms with Gasteiger partial charge in [-0.25, -0.2) is 4.39 Å². The van der Waals surface area contributed by atoms with Gasteiger partial charge in [-0.2, -0.15) is 0 Å². The lowest BCUT2D eigenvalue weighted by molar-refractivity contribution is -0.117. The Balaban J connectivity index is 1.55. The first-order chi connectivity index (χ1) is 11.6. The van der Waals surface area contributed by atoms with E-state index in [2.05, 4.69) is 10.6 Å². The number of nitrogens with zero attached hydrogens (tertiary/aromatic N) is 1. The van der Waals surface area contributed by atoms with Crippen LogP contribution in [-0.4, -0.2) is 17.6 Å². The molecule has 24 heavy (non-hydrogen) atoms. The molecule has 1 saturated heterocycles. The Labute approximate surface area is 145 Å². The number of nitrogens with one attached hydrogen (secondary N) is 2. The summed E-state index contributed by atoms with van der Waals surface area (Å²) in [6, 6.07) is 14.1. The van der Waals surface area contributed by atoms with Crippen LogP contribution in [0.5, 0.6) is 0 Å². The smallest absolute Gasteiger partial charge is 0.227 e. The van der Waals surface area contributed by atoms with Crippen LogP contribution >= 0.6 is 12.2 Å². The second kappa shape index (κ2) is 7.40. The molecule has 6 heteroatoms. The van der Waals surface area contributed by atoms with E-state index in [1.807, 2.05) is 24.3 Å². The minimum atomic E-state index is -0.257. The van der Waals surface area contributed by atoms with Crippen molar-refractivity contribution < 1.29 is 9.18 Å². The average molecular weight is 343 g/mol. The van der Waals surface area contributed by atoms with Gasteiger partial charge >= 0.3 is 0 Å². The molecule has 4 nitrogen and oxygen atoms in total. The molecule has 0 spiro atoms. The molecule has 2 aromatic rings. The van der Waals surface area contributed by atoms with Gasteiger partial charge in [0.1, 0.15) is 5.82 Å². The van der Waals surface area contributed by atoms with Crippen molar-refractivity contribution in [2.24, 2.45) is 0 Å². The Hall–Kier alpha value is -2.47. The van der Waals surface area contributed by atoms with Crippen molar-refractivity contribution in [1.29, 1.82) is 0 Å². The Morgan fingerprint density at radius 2 is 1.92 bits per heavy atom. The summed E-state index contributed by atoms with van der Waals surface area (Å²) in [6.07, 6.45) is 1.52. The third kappa shape index (κ3) is 3.89. The summed E-state index contributed by atoms with van der Waals surface area (Å²) >= 11 is 5.23. The van der Waals surface area contributed by atoms with Gasteiger partial charge in [-0.15, -0.1) is 0 Å². The van der Waals surface area contributed by atoms with E-state index >= 15 is 0 Å². The van der Waals surface area contributed by atoms with E-state index in [9.17, 15) is 9.18 Å². The van der Waals surface area contributed by atoms with E-state index in [1.165, 1.54) is 6.07 Å². The van der Waals surface area contributed by atoms with Gasteiger partial charge in [-0.3, -0.25) is 4.79 Å². The summed E-state index contributed by atoms with van der Waals surface area (Å²) in [5.41, 5.74) is 2.27. The van der Waals surface area contributed by atoms with Crippen molar-refractivity contribution in [3.05, 3.63) is 59.9 Å². The van der Waals surface area contributed by atoms with Crippen LogP contribution in [-0.2, 0) is 11.3 Å². The van der Waals surface area contributed by atoms with Gasteiger partial charge in [0.25, 0.3) is 0 Å². The van der Waals surface area contributed by atoms with Crippen LogP contribution in [0.1, 0.15) is 18.4 Å². The molecule has 0 atom stereocenters. The molecule has 1 amide bonds. The number of hydrogen-bond acceptors (Lipinski definition) is 2. The number of thiocarbonyl (C=S) groups is 1. The molecule has 2 N–H and O–H groups in total. The molecule has 0 radical (unpaired) electrons. The zero-order valence-electron chi connectivity index (χ0n) is 13.1. The van der Waals surface area contributed by atoms with Crippen LogP contribution in [0.15, 0.2) is 48.5 Å². The molecule has 0 bridgehead atoms. The standard InChI is InChI=1S/C18H18FN3OS/c19-16-5-2-1-4-13(16)12-20-18(24)21-14-7-9-15(10-8-14)22-11-3-6-17(22)23/h1-2,4-5,7-10H,3,6,11-12H2,(H2,20,21,24). The lowest BCUT2D eigenvalue weighted by Gasteiger charge is -2.16. The molecule has 0 aromatic heterocycles. The van der Waals surface area contributed by atoms with E-state index in [0.29, 0.717) is 23.6 Å². The first-order valence-electron chi connectivity index (χ1n) is 7.82. The molecule has 3 rings (SSSR count). The summed E-state index contributed by atoms with van der Waals surface area (Å²) in [7, 11) is 0. The van der Waals surface area contributed by atoms with Crippen LogP contribution in [0, 0.1) is 5.82 Å². The van der Waals surface area contributed by atoms with Crippen LogP contribution in [0.2, 0.25) is 0 Å². The van der Waals surface area contributed by atoms with Crippen molar-refractivity contribution in [2.75, 3.05) is 16.8 Å². The molecular weight excluding hydrogens is 325 g/mol. The van der Waals surface area contributed by atoms with Gasteiger partial charge in [0.05, 0.1) is 0 Å². The van der Waals surface area contributed by atoms with E-state index < -0.39 is 0 Å². The molecule has 0 aliphatic carbocycles. The van der Waals surface area contributed by atoms with Crippen molar-refractivity contribution >= 4 is 34.6 Å². The fourth-order valence-corrected chi connectivity index (χ4v) is 2.83. The number of carbonyl (C=O) groups excluding carboxylic acids is 1. The molecule has 124 valence electrons. The number of carbonyl (C=O) groups is 1. The number of amides is 1. The van der Waals surface area contributed by atoms with Gasteiger partial charge in [0, 0.05) is 36.4 Å². The number of benzene rings is 2. The van der Waals surface area contributed by atoms with E-state index in [0.717, 1.165) is 24.3 Å². The Morgan fingerprint density at radius 3 is 2.58 bits per heavy atom. The number of hydrogen-bond donors (Lipinski definition) is 2. The predicted molar refractivity (Wildman–Crippen MR) is 97.5 cm³/mol. The zero-order chi connectivity index (χ0) is 16.9. The molecule has 1 fully saturated rings. The first kappa shape index (κ1) is 16.4. The largest absolute Gasteiger partial charge is 0.358 e. The highest BCUT2D eigenvalue weighted by Gasteiger charge is 2.21. The lowest BCUT2D eigenvalue weighted by Crippen LogP contribution is -2.28. The fourth-order valence-electron chi connectivity index (χ4n) is 2.64. The van der Waals surface area contributed by atoms with Gasteiger partial charge in [0.15, 0.2) is 5.11 Å². The minimum Gasteiger partial charge on any atom is -0.358 e. The maximum absolute atomic E-state index is 13.6.